The van der Waals surface area contributed by atoms with E-state index in [2.05, 4.69) is 20.8 Å². The van der Waals surface area contributed by atoms with Crippen LogP contribution in [-0.2, 0) is 4.74 Å². The van der Waals surface area contributed by atoms with Crippen LogP contribution in [0.2, 0.25) is 0 Å². The first-order valence-electron chi connectivity index (χ1n) is 4.74. The molecule has 1 atom stereocenters. The van der Waals surface area contributed by atoms with Gasteiger partial charge in [0.25, 0.3) is 0 Å². The van der Waals surface area contributed by atoms with Crippen molar-refractivity contribution >= 4 is 0 Å². The second-order valence-electron chi connectivity index (χ2n) is 4.24. The zero-order valence-corrected chi connectivity index (χ0v) is 8.02. The van der Waals surface area contributed by atoms with Crippen molar-refractivity contribution in [2.75, 3.05) is 13.2 Å². The highest BCUT2D eigenvalue weighted by Crippen LogP contribution is 2.42. The number of hydrogen-bond donors (Lipinski definition) is 0. The Morgan fingerprint density at radius 1 is 1.45 bits per heavy atom. The lowest BCUT2D eigenvalue weighted by atomic mass is 9.82. The summed E-state index contributed by atoms with van der Waals surface area (Å²) in [5.41, 5.74) is 0.537. The van der Waals surface area contributed by atoms with Gasteiger partial charge in [0.2, 0.25) is 0 Å². The zero-order valence-electron chi connectivity index (χ0n) is 8.02. The second-order valence-corrected chi connectivity index (χ2v) is 4.24. The van der Waals surface area contributed by atoms with Crippen LogP contribution in [0.3, 0.4) is 0 Å². The van der Waals surface area contributed by atoms with E-state index in [1.807, 2.05) is 0 Å². The Labute approximate surface area is 70.1 Å². The Morgan fingerprint density at radius 2 is 2.18 bits per heavy atom. The van der Waals surface area contributed by atoms with Crippen molar-refractivity contribution in [1.82, 2.24) is 0 Å². The summed E-state index contributed by atoms with van der Waals surface area (Å²) in [7, 11) is 0. The quantitative estimate of drug-likeness (QED) is 0.610. The first-order valence-corrected chi connectivity index (χ1v) is 4.74. The van der Waals surface area contributed by atoms with E-state index < -0.39 is 0 Å². The average Bonchev–Trinajstić information content (AvgIpc) is 2.25. The van der Waals surface area contributed by atoms with E-state index in [4.69, 9.17) is 4.74 Å². The van der Waals surface area contributed by atoms with Crippen LogP contribution in [-0.4, -0.2) is 13.2 Å². The predicted octanol–water partition coefficient (Wildman–Crippen LogP) is 2.85. The maximum atomic E-state index is 5.45. The smallest absolute Gasteiger partial charge is 0.0499 e. The molecule has 1 nitrogen and oxygen atoms in total. The van der Waals surface area contributed by atoms with Crippen LogP contribution in [0.1, 0.15) is 40.0 Å². The van der Waals surface area contributed by atoms with Crippen LogP contribution in [0, 0.1) is 11.3 Å². The maximum Gasteiger partial charge on any atom is 0.0499 e. The number of ether oxygens (including phenoxy) is 1. The third-order valence-corrected chi connectivity index (χ3v) is 3.00. The van der Waals surface area contributed by atoms with E-state index in [0.29, 0.717) is 5.41 Å². The third kappa shape index (κ3) is 2.19. The first-order chi connectivity index (χ1) is 5.17. The average molecular weight is 156 g/mol. The molecule has 11 heavy (non-hydrogen) atoms. The van der Waals surface area contributed by atoms with Gasteiger partial charge in [-0.2, -0.15) is 0 Å². The molecule has 0 aromatic rings. The molecular weight excluding hydrogens is 136 g/mol. The minimum atomic E-state index is 0.537. The Kier molecular flexibility index (Phi) is 2.94. The summed E-state index contributed by atoms with van der Waals surface area (Å²) >= 11 is 0. The molecule has 1 saturated carbocycles. The van der Waals surface area contributed by atoms with Crippen molar-refractivity contribution in [2.45, 2.75) is 40.0 Å². The summed E-state index contributed by atoms with van der Waals surface area (Å²) in [4.78, 5) is 0. The van der Waals surface area contributed by atoms with Crippen LogP contribution >= 0.6 is 0 Å². The van der Waals surface area contributed by atoms with E-state index >= 15 is 0 Å². The fourth-order valence-corrected chi connectivity index (χ4v) is 1.97. The molecule has 0 amide bonds. The molecule has 1 fully saturated rings. The molecule has 0 N–H and O–H groups in total. The topological polar surface area (TPSA) is 9.23 Å². The summed E-state index contributed by atoms with van der Waals surface area (Å²) in [6.45, 7) is 8.64. The molecule has 0 aliphatic heterocycles. The van der Waals surface area contributed by atoms with Crippen molar-refractivity contribution in [1.29, 1.82) is 0 Å². The summed E-state index contributed by atoms with van der Waals surface area (Å²) in [6, 6.07) is 0. The van der Waals surface area contributed by atoms with Gasteiger partial charge >= 0.3 is 0 Å². The van der Waals surface area contributed by atoms with Crippen LogP contribution in [0.4, 0.5) is 0 Å². The van der Waals surface area contributed by atoms with Gasteiger partial charge in [0, 0.05) is 13.2 Å². The molecule has 1 aliphatic carbocycles. The van der Waals surface area contributed by atoms with Crippen LogP contribution < -0.4 is 0 Å². The summed E-state index contributed by atoms with van der Waals surface area (Å²) < 4.78 is 5.45. The first kappa shape index (κ1) is 9.05. The molecule has 66 valence electrons. The SMILES string of the molecule is CCOCC1CCCC1(C)C. The molecule has 0 aromatic heterocycles. The van der Waals surface area contributed by atoms with Gasteiger partial charge in [-0.1, -0.05) is 20.3 Å². The number of rotatable bonds is 3. The Morgan fingerprint density at radius 3 is 2.64 bits per heavy atom. The van der Waals surface area contributed by atoms with Crippen molar-refractivity contribution < 1.29 is 4.74 Å². The van der Waals surface area contributed by atoms with Gasteiger partial charge in [0.05, 0.1) is 0 Å². The highest BCUT2D eigenvalue weighted by molar-refractivity contribution is 4.84. The van der Waals surface area contributed by atoms with Gasteiger partial charge < -0.3 is 4.74 Å². The number of hydrogen-bond acceptors (Lipinski definition) is 1. The third-order valence-electron chi connectivity index (χ3n) is 3.00. The lowest BCUT2D eigenvalue weighted by Gasteiger charge is -2.26. The largest absolute Gasteiger partial charge is 0.381 e. The van der Waals surface area contributed by atoms with E-state index in [9.17, 15) is 0 Å². The van der Waals surface area contributed by atoms with Crippen molar-refractivity contribution in [3.8, 4) is 0 Å². The molecule has 1 unspecified atom stereocenters. The van der Waals surface area contributed by atoms with Crippen molar-refractivity contribution in [3.63, 3.8) is 0 Å². The van der Waals surface area contributed by atoms with Crippen LogP contribution in [0.15, 0.2) is 0 Å². The van der Waals surface area contributed by atoms with E-state index in [-0.39, 0.29) is 0 Å². The maximum absolute atomic E-state index is 5.45. The normalized spacial score (nSPS) is 29.2. The molecule has 0 saturated heterocycles. The highest BCUT2D eigenvalue weighted by atomic mass is 16.5. The van der Waals surface area contributed by atoms with E-state index in [1.54, 1.807) is 0 Å². The molecule has 0 radical (unpaired) electrons. The van der Waals surface area contributed by atoms with Gasteiger partial charge in [-0.25, -0.2) is 0 Å². The van der Waals surface area contributed by atoms with Gasteiger partial charge in [-0.15, -0.1) is 0 Å². The molecule has 0 aromatic carbocycles. The minimum absolute atomic E-state index is 0.537. The van der Waals surface area contributed by atoms with E-state index in [0.717, 1.165) is 19.1 Å². The van der Waals surface area contributed by atoms with Crippen molar-refractivity contribution in [2.24, 2.45) is 11.3 Å². The Balaban J connectivity index is 2.32. The van der Waals surface area contributed by atoms with Crippen molar-refractivity contribution in [3.05, 3.63) is 0 Å². The molecule has 1 heteroatoms. The fraction of sp³-hybridized carbons (Fsp3) is 1.00. The molecule has 0 spiro atoms. The van der Waals surface area contributed by atoms with E-state index in [1.165, 1.54) is 19.3 Å². The minimum Gasteiger partial charge on any atom is -0.381 e. The molecule has 1 aliphatic rings. The Bertz CT molecular complexity index is 118. The monoisotopic (exact) mass is 156 g/mol. The Hall–Kier alpha value is -0.0400. The molecular formula is C10H20O. The molecule has 0 bridgehead atoms. The fourth-order valence-electron chi connectivity index (χ4n) is 1.97. The zero-order chi connectivity index (χ0) is 8.32. The van der Waals surface area contributed by atoms with Gasteiger partial charge in [0.15, 0.2) is 0 Å². The summed E-state index contributed by atoms with van der Waals surface area (Å²) in [6.07, 6.45) is 4.14. The predicted molar refractivity (Wildman–Crippen MR) is 47.6 cm³/mol. The van der Waals surface area contributed by atoms with Gasteiger partial charge in [-0.3, -0.25) is 0 Å². The highest BCUT2D eigenvalue weighted by Gasteiger charge is 2.33. The van der Waals surface area contributed by atoms with Gasteiger partial charge in [-0.05, 0) is 31.1 Å². The molecule has 0 heterocycles. The van der Waals surface area contributed by atoms with Gasteiger partial charge in [0.1, 0.15) is 0 Å². The summed E-state index contributed by atoms with van der Waals surface area (Å²) in [5, 5.41) is 0. The van der Waals surface area contributed by atoms with Crippen LogP contribution in [0.25, 0.3) is 0 Å². The van der Waals surface area contributed by atoms with Crippen LogP contribution in [0.5, 0.6) is 0 Å². The summed E-state index contributed by atoms with van der Waals surface area (Å²) in [5.74, 6) is 0.808. The molecule has 1 rings (SSSR count). The lowest BCUT2D eigenvalue weighted by molar-refractivity contribution is 0.0717. The lowest BCUT2D eigenvalue weighted by Crippen LogP contribution is -2.22. The standard InChI is InChI=1S/C10H20O/c1-4-11-8-9-6-5-7-10(9,2)3/h9H,4-8H2,1-3H3. The second kappa shape index (κ2) is 3.57.